The van der Waals surface area contributed by atoms with Crippen molar-refractivity contribution in [3.63, 3.8) is 0 Å². The molecule has 0 saturated heterocycles. The average Bonchev–Trinajstić information content (AvgIpc) is 2.34. The quantitative estimate of drug-likeness (QED) is 0.510. The number of rotatable bonds is 9. The molecule has 0 aliphatic carbocycles. The van der Waals surface area contributed by atoms with E-state index in [-0.39, 0.29) is 25.0 Å². The lowest BCUT2D eigenvalue weighted by Crippen LogP contribution is -2.48. The number of nitrogens with one attached hydrogen (secondary N) is 1. The molecule has 0 bridgehead atoms. The van der Waals surface area contributed by atoms with Crippen molar-refractivity contribution in [1.82, 2.24) is 5.32 Å². The second-order valence-corrected chi connectivity index (χ2v) is 4.24. The fourth-order valence-corrected chi connectivity index (χ4v) is 1.43. The van der Waals surface area contributed by atoms with E-state index in [0.29, 0.717) is 6.42 Å². The molecule has 110 valence electrons. The third-order valence-electron chi connectivity index (χ3n) is 2.45. The summed E-state index contributed by atoms with van der Waals surface area (Å²) in [6.45, 7) is 3.68. The number of hydrogen-bond acceptors (Lipinski definition) is 5. The first-order chi connectivity index (χ1) is 8.90. The largest absolute Gasteiger partial charge is 0.481 e. The minimum Gasteiger partial charge on any atom is -0.481 e. The van der Waals surface area contributed by atoms with E-state index in [4.69, 9.17) is 15.6 Å². The van der Waals surface area contributed by atoms with Gasteiger partial charge in [-0.3, -0.25) is 14.4 Å². The van der Waals surface area contributed by atoms with Gasteiger partial charge >= 0.3 is 11.9 Å². The van der Waals surface area contributed by atoms with E-state index in [9.17, 15) is 14.4 Å². The molecule has 7 heteroatoms. The van der Waals surface area contributed by atoms with E-state index >= 15 is 0 Å². The fourth-order valence-electron chi connectivity index (χ4n) is 1.43. The third-order valence-corrected chi connectivity index (χ3v) is 2.45. The van der Waals surface area contributed by atoms with Crippen molar-refractivity contribution >= 4 is 17.8 Å². The van der Waals surface area contributed by atoms with E-state index in [0.717, 1.165) is 6.42 Å². The van der Waals surface area contributed by atoms with Crippen molar-refractivity contribution in [2.24, 2.45) is 5.73 Å². The van der Waals surface area contributed by atoms with Crippen LogP contribution in [-0.2, 0) is 19.1 Å². The van der Waals surface area contributed by atoms with Crippen molar-refractivity contribution in [3.8, 4) is 0 Å². The van der Waals surface area contributed by atoms with Crippen molar-refractivity contribution < 1.29 is 24.2 Å². The van der Waals surface area contributed by atoms with Gasteiger partial charge in [-0.15, -0.1) is 0 Å². The molecule has 0 radical (unpaired) electrons. The first-order valence-electron chi connectivity index (χ1n) is 6.34. The number of esters is 1. The molecule has 7 nitrogen and oxygen atoms in total. The Bertz CT molecular complexity index is 319. The Hall–Kier alpha value is -1.63. The fraction of sp³-hybridized carbons (Fsp3) is 0.750. The van der Waals surface area contributed by atoms with E-state index in [1.54, 1.807) is 6.92 Å². The number of carboxylic acid groups (broad SMARTS) is 1. The molecular weight excluding hydrogens is 252 g/mol. The van der Waals surface area contributed by atoms with E-state index in [1.807, 2.05) is 6.92 Å². The highest BCUT2D eigenvalue weighted by Crippen LogP contribution is 2.00. The summed E-state index contributed by atoms with van der Waals surface area (Å²) < 4.78 is 4.96. The SMILES string of the molecule is CCCC(COC(=O)CC)NC(=O)C(N)CC(=O)O. The summed E-state index contributed by atoms with van der Waals surface area (Å²) in [4.78, 5) is 33.1. The number of carbonyl (C=O) groups excluding carboxylic acids is 2. The number of carbonyl (C=O) groups is 3. The first-order valence-corrected chi connectivity index (χ1v) is 6.34. The van der Waals surface area contributed by atoms with Crippen LogP contribution in [0.25, 0.3) is 0 Å². The van der Waals surface area contributed by atoms with Crippen LogP contribution in [0.15, 0.2) is 0 Å². The molecule has 0 aromatic carbocycles. The van der Waals surface area contributed by atoms with Gasteiger partial charge < -0.3 is 20.9 Å². The monoisotopic (exact) mass is 274 g/mol. The maximum absolute atomic E-state index is 11.6. The predicted octanol–water partition coefficient (Wildman–Crippen LogP) is 0.0265. The van der Waals surface area contributed by atoms with Crippen molar-refractivity contribution in [1.29, 1.82) is 0 Å². The van der Waals surface area contributed by atoms with E-state index in [2.05, 4.69) is 5.32 Å². The maximum atomic E-state index is 11.6. The Balaban J connectivity index is 4.27. The van der Waals surface area contributed by atoms with Gasteiger partial charge in [-0.2, -0.15) is 0 Å². The van der Waals surface area contributed by atoms with Crippen molar-refractivity contribution in [2.45, 2.75) is 51.6 Å². The Morgan fingerprint density at radius 1 is 1.32 bits per heavy atom. The molecule has 0 heterocycles. The lowest BCUT2D eigenvalue weighted by Gasteiger charge is -2.20. The van der Waals surface area contributed by atoms with Gasteiger partial charge in [0.25, 0.3) is 0 Å². The van der Waals surface area contributed by atoms with E-state index in [1.165, 1.54) is 0 Å². The summed E-state index contributed by atoms with van der Waals surface area (Å²) in [5.41, 5.74) is 5.44. The van der Waals surface area contributed by atoms with Crippen LogP contribution >= 0.6 is 0 Å². The van der Waals surface area contributed by atoms with Crippen LogP contribution in [0.4, 0.5) is 0 Å². The molecule has 19 heavy (non-hydrogen) atoms. The summed E-state index contributed by atoms with van der Waals surface area (Å²) in [6.07, 6.45) is 1.26. The number of carboxylic acids is 1. The normalized spacial score (nSPS) is 13.4. The number of amides is 1. The highest BCUT2D eigenvalue weighted by molar-refractivity contribution is 5.86. The molecule has 0 rings (SSSR count). The Morgan fingerprint density at radius 2 is 1.95 bits per heavy atom. The zero-order chi connectivity index (χ0) is 14.8. The number of hydrogen-bond donors (Lipinski definition) is 3. The minimum atomic E-state index is -1.13. The summed E-state index contributed by atoms with van der Waals surface area (Å²) in [7, 11) is 0. The van der Waals surface area contributed by atoms with Crippen molar-refractivity contribution in [2.75, 3.05) is 6.61 Å². The van der Waals surface area contributed by atoms with Crippen LogP contribution in [0.3, 0.4) is 0 Å². The molecule has 4 N–H and O–H groups in total. The molecule has 0 aliphatic heterocycles. The average molecular weight is 274 g/mol. The highest BCUT2D eigenvalue weighted by Gasteiger charge is 2.20. The summed E-state index contributed by atoms with van der Waals surface area (Å²) in [6, 6.07) is -1.44. The molecule has 2 atom stereocenters. The molecule has 0 saturated carbocycles. The molecule has 2 unspecified atom stereocenters. The lowest BCUT2D eigenvalue weighted by atomic mass is 10.1. The van der Waals surface area contributed by atoms with Crippen LogP contribution in [0.5, 0.6) is 0 Å². The zero-order valence-electron chi connectivity index (χ0n) is 11.3. The Morgan fingerprint density at radius 3 is 2.42 bits per heavy atom. The first kappa shape index (κ1) is 17.4. The predicted molar refractivity (Wildman–Crippen MR) is 68.3 cm³/mol. The van der Waals surface area contributed by atoms with Gasteiger partial charge in [0.2, 0.25) is 5.91 Å². The van der Waals surface area contributed by atoms with Gasteiger partial charge in [0.05, 0.1) is 18.5 Å². The van der Waals surface area contributed by atoms with Gasteiger partial charge in [-0.1, -0.05) is 20.3 Å². The van der Waals surface area contributed by atoms with Gasteiger partial charge in [-0.25, -0.2) is 0 Å². The number of nitrogens with two attached hydrogens (primary N) is 1. The molecule has 0 aromatic rings. The summed E-state index contributed by atoms with van der Waals surface area (Å²) >= 11 is 0. The summed E-state index contributed by atoms with van der Waals surface area (Å²) in [5.74, 6) is -2.02. The zero-order valence-corrected chi connectivity index (χ0v) is 11.3. The smallest absolute Gasteiger partial charge is 0.305 e. The molecule has 0 spiro atoms. The van der Waals surface area contributed by atoms with Gasteiger partial charge in [-0.05, 0) is 6.42 Å². The highest BCUT2D eigenvalue weighted by atomic mass is 16.5. The molecule has 0 fully saturated rings. The maximum Gasteiger partial charge on any atom is 0.305 e. The number of ether oxygens (including phenoxy) is 1. The van der Waals surface area contributed by atoms with Crippen molar-refractivity contribution in [3.05, 3.63) is 0 Å². The molecule has 0 aliphatic rings. The molecule has 1 amide bonds. The second-order valence-electron chi connectivity index (χ2n) is 4.24. The van der Waals surface area contributed by atoms with Gasteiger partial charge in [0.15, 0.2) is 0 Å². The van der Waals surface area contributed by atoms with Crippen LogP contribution in [0.2, 0.25) is 0 Å². The van der Waals surface area contributed by atoms with Crippen LogP contribution < -0.4 is 11.1 Å². The van der Waals surface area contributed by atoms with E-state index < -0.39 is 24.3 Å². The molecular formula is C12H22N2O5. The van der Waals surface area contributed by atoms with Gasteiger partial charge in [0, 0.05) is 6.42 Å². The minimum absolute atomic E-state index is 0.0754. The standard InChI is InChI=1S/C12H22N2O5/c1-3-5-8(7-19-11(17)4-2)14-12(18)9(13)6-10(15)16/h8-9H,3-7,13H2,1-2H3,(H,14,18)(H,15,16). The Labute approximate surface area is 112 Å². The topological polar surface area (TPSA) is 119 Å². The summed E-state index contributed by atoms with van der Waals surface area (Å²) in [5, 5.41) is 11.1. The van der Waals surface area contributed by atoms with Crippen LogP contribution in [-0.4, -0.2) is 41.6 Å². The van der Waals surface area contributed by atoms with Crippen LogP contribution in [0.1, 0.15) is 39.5 Å². The lowest BCUT2D eigenvalue weighted by molar-refractivity contribution is -0.144. The third kappa shape index (κ3) is 8.15. The number of aliphatic carboxylic acids is 1. The second kappa shape index (κ2) is 9.32. The van der Waals surface area contributed by atoms with Crippen LogP contribution in [0, 0.1) is 0 Å². The Kier molecular flexibility index (Phi) is 8.52. The van der Waals surface area contributed by atoms with Gasteiger partial charge in [0.1, 0.15) is 6.61 Å². The molecule has 0 aromatic heterocycles.